The van der Waals surface area contributed by atoms with Crippen molar-refractivity contribution >= 4 is 23.4 Å². The van der Waals surface area contributed by atoms with Gasteiger partial charge in [-0.3, -0.25) is 4.79 Å². The van der Waals surface area contributed by atoms with E-state index in [2.05, 4.69) is 32.0 Å². The molecule has 1 aliphatic carbocycles. The summed E-state index contributed by atoms with van der Waals surface area (Å²) in [5.41, 5.74) is 1.20. The van der Waals surface area contributed by atoms with Crippen molar-refractivity contribution < 1.29 is 9.53 Å². The van der Waals surface area contributed by atoms with E-state index in [0.29, 0.717) is 23.4 Å². The Bertz CT molecular complexity index is 919. The Balaban J connectivity index is 1.31. The van der Waals surface area contributed by atoms with E-state index in [9.17, 15) is 4.79 Å². The molecule has 1 unspecified atom stereocenters. The van der Waals surface area contributed by atoms with Crippen LogP contribution in [0, 0.1) is 5.41 Å². The Morgan fingerprint density at radius 3 is 2.70 bits per heavy atom. The molecule has 7 heteroatoms. The number of morpholine rings is 1. The maximum absolute atomic E-state index is 13.1. The molecule has 5 rings (SSSR count). The summed E-state index contributed by atoms with van der Waals surface area (Å²) in [6.07, 6.45) is 7.07. The van der Waals surface area contributed by atoms with Crippen molar-refractivity contribution in [1.29, 1.82) is 0 Å². The third-order valence-corrected chi connectivity index (χ3v) is 6.65. The number of aromatic nitrogens is 2. The number of carbonyl (C=O) groups is 1. The van der Waals surface area contributed by atoms with Crippen LogP contribution in [-0.4, -0.2) is 54.8 Å². The van der Waals surface area contributed by atoms with Crippen LogP contribution in [0.2, 0.25) is 0 Å². The summed E-state index contributed by atoms with van der Waals surface area (Å²) < 4.78 is 5.62. The molecular weight excluding hydrogens is 378 g/mol. The van der Waals surface area contributed by atoms with Gasteiger partial charge >= 0.3 is 0 Å². The quantitative estimate of drug-likeness (QED) is 0.838. The molecular formula is C23H29N5O2. The summed E-state index contributed by atoms with van der Waals surface area (Å²) >= 11 is 0. The number of nitrogens with one attached hydrogen (secondary N) is 1. The fraction of sp³-hybridized carbons (Fsp3) is 0.522. The minimum Gasteiger partial charge on any atom is -0.375 e. The van der Waals surface area contributed by atoms with Gasteiger partial charge in [0.15, 0.2) is 0 Å². The second kappa shape index (κ2) is 7.87. The van der Waals surface area contributed by atoms with E-state index in [0.717, 1.165) is 37.8 Å². The van der Waals surface area contributed by atoms with Gasteiger partial charge in [0, 0.05) is 32.4 Å². The van der Waals surface area contributed by atoms with Crippen LogP contribution in [0.15, 0.2) is 36.5 Å². The molecule has 2 aromatic heterocycles. The van der Waals surface area contributed by atoms with Gasteiger partial charge in [-0.05, 0) is 62.3 Å². The Kier molecular flexibility index (Phi) is 5.06. The predicted octanol–water partition coefficient (Wildman–Crippen LogP) is 3.33. The zero-order valence-electron chi connectivity index (χ0n) is 17.5. The highest BCUT2D eigenvalue weighted by Gasteiger charge is 2.44. The van der Waals surface area contributed by atoms with Crippen molar-refractivity contribution in [3.8, 4) is 0 Å². The van der Waals surface area contributed by atoms with Crippen LogP contribution in [0.25, 0.3) is 0 Å². The largest absolute Gasteiger partial charge is 0.375 e. The fourth-order valence-corrected chi connectivity index (χ4v) is 4.58. The van der Waals surface area contributed by atoms with Gasteiger partial charge in [0.05, 0.1) is 18.3 Å². The molecule has 30 heavy (non-hydrogen) atoms. The number of carbonyl (C=O) groups excluding carboxylic acids is 1. The number of ether oxygens (including phenoxy) is 1. The van der Waals surface area contributed by atoms with Crippen LogP contribution < -0.4 is 15.1 Å². The second-order valence-electron chi connectivity index (χ2n) is 8.82. The molecule has 7 nitrogen and oxygen atoms in total. The van der Waals surface area contributed by atoms with E-state index in [1.54, 1.807) is 6.20 Å². The standard InChI is InChI=1S/C23H29N5O2/c1-17-16-28(14-15-30-17)20-6-2-5-19(25-20)26-22(29)18-4-3-11-24-21(18)27-12-9-23(7-8-23)10-13-27/h2-6,11,17H,7-10,12-16H2,1H3,(H,25,26,29). The van der Waals surface area contributed by atoms with Crippen LogP contribution in [0.5, 0.6) is 0 Å². The number of hydrogen-bond donors (Lipinski definition) is 1. The number of anilines is 3. The maximum atomic E-state index is 13.1. The van der Waals surface area contributed by atoms with E-state index >= 15 is 0 Å². The molecule has 3 aliphatic rings. The third-order valence-electron chi connectivity index (χ3n) is 6.65. The van der Waals surface area contributed by atoms with Crippen LogP contribution in [0.1, 0.15) is 43.0 Å². The topological polar surface area (TPSA) is 70.6 Å². The van der Waals surface area contributed by atoms with Crippen LogP contribution in [0.3, 0.4) is 0 Å². The van der Waals surface area contributed by atoms with Crippen LogP contribution in [-0.2, 0) is 4.74 Å². The number of piperidine rings is 1. The Labute approximate surface area is 177 Å². The van der Waals surface area contributed by atoms with Gasteiger partial charge in [-0.25, -0.2) is 9.97 Å². The fourth-order valence-electron chi connectivity index (χ4n) is 4.58. The molecule has 0 radical (unpaired) electrons. The lowest BCUT2D eigenvalue weighted by Crippen LogP contribution is -2.41. The molecule has 2 aliphatic heterocycles. The van der Waals surface area contributed by atoms with Crippen LogP contribution in [0.4, 0.5) is 17.5 Å². The average molecular weight is 408 g/mol. The first-order chi connectivity index (χ1) is 14.6. The molecule has 0 bridgehead atoms. The zero-order valence-corrected chi connectivity index (χ0v) is 17.5. The van der Waals surface area contributed by atoms with Gasteiger partial charge in [-0.2, -0.15) is 0 Å². The monoisotopic (exact) mass is 407 g/mol. The molecule has 158 valence electrons. The van der Waals surface area contributed by atoms with Crippen molar-refractivity contribution in [1.82, 2.24) is 9.97 Å². The van der Waals surface area contributed by atoms with E-state index in [-0.39, 0.29) is 12.0 Å². The Morgan fingerprint density at radius 2 is 1.93 bits per heavy atom. The molecule has 2 saturated heterocycles. The van der Waals surface area contributed by atoms with Gasteiger partial charge in [-0.1, -0.05) is 6.07 Å². The van der Waals surface area contributed by atoms with E-state index in [1.807, 2.05) is 30.3 Å². The van der Waals surface area contributed by atoms with Gasteiger partial charge in [0.25, 0.3) is 5.91 Å². The van der Waals surface area contributed by atoms with Crippen molar-refractivity contribution in [2.24, 2.45) is 5.41 Å². The summed E-state index contributed by atoms with van der Waals surface area (Å²) in [5.74, 6) is 2.04. The number of nitrogens with zero attached hydrogens (tertiary/aromatic N) is 4. The third kappa shape index (κ3) is 3.99. The highest BCUT2D eigenvalue weighted by molar-refractivity contribution is 6.07. The smallest absolute Gasteiger partial charge is 0.260 e. The zero-order chi connectivity index (χ0) is 20.6. The Hall–Kier alpha value is -2.67. The molecule has 1 amide bonds. The second-order valence-corrected chi connectivity index (χ2v) is 8.82. The molecule has 1 spiro atoms. The summed E-state index contributed by atoms with van der Waals surface area (Å²) in [7, 11) is 0. The molecule has 2 aromatic rings. The van der Waals surface area contributed by atoms with Gasteiger partial charge in [-0.15, -0.1) is 0 Å². The Morgan fingerprint density at radius 1 is 1.10 bits per heavy atom. The van der Waals surface area contributed by atoms with Crippen molar-refractivity contribution in [2.45, 2.75) is 38.7 Å². The first-order valence-electron chi connectivity index (χ1n) is 11.0. The van der Waals surface area contributed by atoms with Crippen molar-refractivity contribution in [3.63, 3.8) is 0 Å². The summed E-state index contributed by atoms with van der Waals surface area (Å²) in [6.45, 7) is 6.30. The predicted molar refractivity (Wildman–Crippen MR) is 117 cm³/mol. The highest BCUT2D eigenvalue weighted by Crippen LogP contribution is 2.53. The summed E-state index contributed by atoms with van der Waals surface area (Å²) in [6, 6.07) is 9.42. The molecule has 1 saturated carbocycles. The van der Waals surface area contributed by atoms with Crippen LogP contribution >= 0.6 is 0 Å². The number of hydrogen-bond acceptors (Lipinski definition) is 6. The first kappa shape index (κ1) is 19.3. The van der Waals surface area contributed by atoms with Gasteiger partial charge < -0.3 is 19.9 Å². The number of amides is 1. The molecule has 4 heterocycles. The first-order valence-corrected chi connectivity index (χ1v) is 11.0. The molecule has 3 fully saturated rings. The lowest BCUT2D eigenvalue weighted by Gasteiger charge is -2.33. The molecule has 1 atom stereocenters. The number of pyridine rings is 2. The lowest BCUT2D eigenvalue weighted by atomic mass is 9.93. The summed E-state index contributed by atoms with van der Waals surface area (Å²) in [5, 5.41) is 2.98. The summed E-state index contributed by atoms with van der Waals surface area (Å²) in [4.78, 5) is 26.8. The minimum atomic E-state index is -0.162. The van der Waals surface area contributed by atoms with Crippen molar-refractivity contribution in [2.75, 3.05) is 47.9 Å². The van der Waals surface area contributed by atoms with E-state index in [4.69, 9.17) is 4.74 Å². The number of rotatable bonds is 4. The normalized spacial score (nSPS) is 22.8. The average Bonchev–Trinajstić information content (AvgIpc) is 3.53. The molecule has 0 aromatic carbocycles. The maximum Gasteiger partial charge on any atom is 0.260 e. The van der Waals surface area contributed by atoms with E-state index in [1.165, 1.54) is 25.7 Å². The minimum absolute atomic E-state index is 0.162. The van der Waals surface area contributed by atoms with E-state index < -0.39 is 0 Å². The van der Waals surface area contributed by atoms with Gasteiger partial charge in [0.1, 0.15) is 17.5 Å². The SMILES string of the molecule is CC1CN(c2cccc(NC(=O)c3cccnc3N3CCC4(CC3)CC4)n2)CCO1. The molecule has 1 N–H and O–H groups in total. The highest BCUT2D eigenvalue weighted by atomic mass is 16.5. The van der Waals surface area contributed by atoms with Gasteiger partial charge in [0.2, 0.25) is 0 Å². The van der Waals surface area contributed by atoms with Crippen molar-refractivity contribution in [3.05, 3.63) is 42.1 Å². The lowest BCUT2D eigenvalue weighted by molar-refractivity contribution is 0.0529.